The molecule has 1 heterocycles. The number of pyridine rings is 1. The molecule has 0 unspecified atom stereocenters. The van der Waals surface area contributed by atoms with Gasteiger partial charge in [-0.05, 0) is 18.2 Å². The molecule has 18 heavy (non-hydrogen) atoms. The van der Waals surface area contributed by atoms with Gasteiger partial charge in [-0.15, -0.1) is 0 Å². The van der Waals surface area contributed by atoms with E-state index in [1.807, 2.05) is 18.2 Å². The first-order valence-electron chi connectivity index (χ1n) is 5.56. The van der Waals surface area contributed by atoms with Gasteiger partial charge in [0.05, 0.1) is 19.9 Å². The number of nitrogens with zero attached hydrogens (tertiary/aromatic N) is 1. The second-order valence-electron chi connectivity index (χ2n) is 3.87. The summed E-state index contributed by atoms with van der Waals surface area (Å²) >= 11 is 0. The first-order chi connectivity index (χ1) is 8.67. The number of aromatic nitrogens is 1. The van der Waals surface area contributed by atoms with Crippen LogP contribution in [-0.2, 0) is 7.05 Å². The van der Waals surface area contributed by atoms with Crippen LogP contribution in [0.4, 0.5) is 0 Å². The van der Waals surface area contributed by atoms with Gasteiger partial charge in [-0.25, -0.2) is 0 Å². The first kappa shape index (κ1) is 12.2. The summed E-state index contributed by atoms with van der Waals surface area (Å²) in [6, 6.07) is 10.7. The fourth-order valence-electron chi connectivity index (χ4n) is 1.84. The van der Waals surface area contributed by atoms with Gasteiger partial charge >= 0.3 is 0 Å². The van der Waals surface area contributed by atoms with E-state index >= 15 is 0 Å². The lowest BCUT2D eigenvalue weighted by atomic mass is 10.1. The summed E-state index contributed by atoms with van der Waals surface area (Å²) in [4.78, 5) is 11.6. The molecule has 4 nitrogen and oxygen atoms in total. The summed E-state index contributed by atoms with van der Waals surface area (Å²) in [5.74, 6) is 1.40. The van der Waals surface area contributed by atoms with Crippen molar-refractivity contribution in [2.45, 2.75) is 0 Å². The topological polar surface area (TPSA) is 40.5 Å². The molecule has 0 atom stereocenters. The molecule has 0 radical (unpaired) electrons. The molecular weight excluding hydrogens is 230 g/mol. The molecule has 2 aromatic rings. The van der Waals surface area contributed by atoms with E-state index in [1.165, 1.54) is 6.07 Å². The lowest BCUT2D eigenvalue weighted by Gasteiger charge is -2.13. The van der Waals surface area contributed by atoms with Gasteiger partial charge in [0.2, 0.25) is 0 Å². The van der Waals surface area contributed by atoms with E-state index in [2.05, 4.69) is 0 Å². The van der Waals surface area contributed by atoms with Crippen molar-refractivity contribution < 1.29 is 9.47 Å². The minimum Gasteiger partial charge on any atom is -0.497 e. The molecule has 0 aliphatic rings. The van der Waals surface area contributed by atoms with E-state index in [4.69, 9.17) is 9.47 Å². The van der Waals surface area contributed by atoms with Gasteiger partial charge in [0.25, 0.3) is 5.56 Å². The number of hydrogen-bond acceptors (Lipinski definition) is 3. The Kier molecular flexibility index (Phi) is 3.37. The highest BCUT2D eigenvalue weighted by Crippen LogP contribution is 2.32. The van der Waals surface area contributed by atoms with Crippen LogP contribution >= 0.6 is 0 Å². The van der Waals surface area contributed by atoms with Crippen molar-refractivity contribution in [3.05, 3.63) is 46.8 Å². The molecule has 1 aromatic carbocycles. The quantitative estimate of drug-likeness (QED) is 0.831. The smallest absolute Gasteiger partial charge is 0.250 e. The molecule has 0 fully saturated rings. The van der Waals surface area contributed by atoms with Gasteiger partial charge in [0, 0.05) is 24.7 Å². The summed E-state index contributed by atoms with van der Waals surface area (Å²) in [7, 11) is 4.94. The predicted molar refractivity (Wildman–Crippen MR) is 70.2 cm³/mol. The molecule has 4 heteroatoms. The minimum atomic E-state index is -0.0506. The third-order valence-electron chi connectivity index (χ3n) is 2.87. The van der Waals surface area contributed by atoms with E-state index in [-0.39, 0.29) is 5.56 Å². The van der Waals surface area contributed by atoms with Crippen LogP contribution in [0, 0.1) is 0 Å². The zero-order valence-corrected chi connectivity index (χ0v) is 10.6. The van der Waals surface area contributed by atoms with Gasteiger partial charge < -0.3 is 14.0 Å². The van der Waals surface area contributed by atoms with Gasteiger partial charge in [0.1, 0.15) is 11.5 Å². The standard InChI is InChI=1S/C14H15NO3/c1-15-12(5-4-6-14(15)16)11-8-7-10(17-2)9-13(11)18-3/h4-9H,1-3H3. The lowest BCUT2D eigenvalue weighted by molar-refractivity contribution is 0.395. The van der Waals surface area contributed by atoms with Crippen LogP contribution in [0.2, 0.25) is 0 Å². The third-order valence-corrected chi connectivity index (χ3v) is 2.87. The fourth-order valence-corrected chi connectivity index (χ4v) is 1.84. The Morgan fingerprint density at radius 2 is 1.83 bits per heavy atom. The normalized spacial score (nSPS) is 10.2. The number of methoxy groups -OCH3 is 2. The number of rotatable bonds is 3. The second-order valence-corrected chi connectivity index (χ2v) is 3.87. The van der Waals surface area contributed by atoms with E-state index in [1.54, 1.807) is 38.0 Å². The number of hydrogen-bond donors (Lipinski definition) is 0. The van der Waals surface area contributed by atoms with Crippen molar-refractivity contribution >= 4 is 0 Å². The zero-order valence-electron chi connectivity index (χ0n) is 10.6. The summed E-state index contributed by atoms with van der Waals surface area (Å²) in [5.41, 5.74) is 1.62. The molecule has 2 rings (SSSR count). The molecule has 0 bridgehead atoms. The summed E-state index contributed by atoms with van der Waals surface area (Å²) in [6.45, 7) is 0. The lowest BCUT2D eigenvalue weighted by Crippen LogP contribution is -2.16. The molecule has 94 valence electrons. The molecule has 0 saturated heterocycles. The summed E-state index contributed by atoms with van der Waals surface area (Å²) < 4.78 is 12.1. The molecular formula is C14H15NO3. The highest BCUT2D eigenvalue weighted by molar-refractivity contribution is 5.68. The van der Waals surface area contributed by atoms with E-state index in [0.29, 0.717) is 5.75 Å². The average molecular weight is 245 g/mol. The SMILES string of the molecule is COc1ccc(-c2cccc(=O)n2C)c(OC)c1. The van der Waals surface area contributed by atoms with E-state index in [0.717, 1.165) is 17.0 Å². The highest BCUT2D eigenvalue weighted by Gasteiger charge is 2.10. The van der Waals surface area contributed by atoms with E-state index < -0.39 is 0 Å². The van der Waals surface area contributed by atoms with Gasteiger partial charge in [0.15, 0.2) is 0 Å². The Balaban J connectivity index is 2.63. The second kappa shape index (κ2) is 4.96. The van der Waals surface area contributed by atoms with Crippen LogP contribution in [0.25, 0.3) is 11.3 Å². The van der Waals surface area contributed by atoms with Crippen LogP contribution < -0.4 is 15.0 Å². The summed E-state index contributed by atoms with van der Waals surface area (Å²) in [6.07, 6.45) is 0. The fraction of sp³-hybridized carbons (Fsp3) is 0.214. The first-order valence-corrected chi connectivity index (χ1v) is 5.56. The third kappa shape index (κ3) is 2.09. The van der Waals surface area contributed by atoms with Gasteiger partial charge in [-0.3, -0.25) is 4.79 Å². The highest BCUT2D eigenvalue weighted by atomic mass is 16.5. The monoisotopic (exact) mass is 245 g/mol. The maximum absolute atomic E-state index is 11.6. The zero-order chi connectivity index (χ0) is 13.1. The van der Waals surface area contributed by atoms with Crippen molar-refractivity contribution in [2.75, 3.05) is 14.2 Å². The van der Waals surface area contributed by atoms with Crippen molar-refractivity contribution in [2.24, 2.45) is 7.05 Å². The maximum Gasteiger partial charge on any atom is 0.250 e. The Hall–Kier alpha value is -2.23. The Morgan fingerprint density at radius 3 is 2.50 bits per heavy atom. The molecule has 0 amide bonds. The Labute approximate surface area is 105 Å². The molecule has 0 N–H and O–H groups in total. The summed E-state index contributed by atoms with van der Waals surface area (Å²) in [5, 5.41) is 0. The van der Waals surface area contributed by atoms with Crippen LogP contribution in [0.5, 0.6) is 11.5 Å². The van der Waals surface area contributed by atoms with Crippen LogP contribution in [0.1, 0.15) is 0 Å². The van der Waals surface area contributed by atoms with Crippen molar-refractivity contribution in [3.8, 4) is 22.8 Å². The Bertz CT molecular complexity index is 617. The molecule has 0 aliphatic heterocycles. The van der Waals surface area contributed by atoms with E-state index in [9.17, 15) is 4.79 Å². The number of benzene rings is 1. The Morgan fingerprint density at radius 1 is 1.06 bits per heavy atom. The number of ether oxygens (including phenoxy) is 2. The van der Waals surface area contributed by atoms with Crippen LogP contribution in [-0.4, -0.2) is 18.8 Å². The van der Waals surface area contributed by atoms with Crippen molar-refractivity contribution in [1.29, 1.82) is 0 Å². The van der Waals surface area contributed by atoms with Gasteiger partial charge in [-0.2, -0.15) is 0 Å². The molecule has 1 aromatic heterocycles. The minimum absolute atomic E-state index is 0.0506. The maximum atomic E-state index is 11.6. The van der Waals surface area contributed by atoms with Crippen LogP contribution in [0.15, 0.2) is 41.2 Å². The average Bonchev–Trinajstić information content (AvgIpc) is 2.41. The molecule has 0 spiro atoms. The molecule has 0 saturated carbocycles. The predicted octanol–water partition coefficient (Wildman–Crippen LogP) is 2.07. The largest absolute Gasteiger partial charge is 0.497 e. The van der Waals surface area contributed by atoms with Gasteiger partial charge in [-0.1, -0.05) is 6.07 Å². The molecule has 0 aliphatic carbocycles. The van der Waals surface area contributed by atoms with Crippen molar-refractivity contribution in [3.63, 3.8) is 0 Å². The van der Waals surface area contributed by atoms with Crippen LogP contribution in [0.3, 0.4) is 0 Å². The van der Waals surface area contributed by atoms with Crippen molar-refractivity contribution in [1.82, 2.24) is 4.57 Å².